The van der Waals surface area contributed by atoms with Crippen LogP contribution in [-0.4, -0.2) is 25.5 Å². The lowest BCUT2D eigenvalue weighted by molar-refractivity contribution is -0.125. The van der Waals surface area contributed by atoms with Crippen molar-refractivity contribution in [1.29, 1.82) is 0 Å². The highest BCUT2D eigenvalue weighted by atomic mass is 35.5. The molecule has 35 heavy (non-hydrogen) atoms. The summed E-state index contributed by atoms with van der Waals surface area (Å²) in [5.74, 6) is 0.0609. The van der Waals surface area contributed by atoms with Crippen molar-refractivity contribution in [1.82, 2.24) is 5.43 Å². The van der Waals surface area contributed by atoms with Gasteiger partial charge in [-0.1, -0.05) is 53.0 Å². The third-order valence-electron chi connectivity index (χ3n) is 5.73. The summed E-state index contributed by atoms with van der Waals surface area (Å²) in [6, 6.07) is 18.2. The van der Waals surface area contributed by atoms with Gasteiger partial charge in [0.1, 0.15) is 6.61 Å². The second-order valence-corrected chi connectivity index (χ2v) is 9.04. The van der Waals surface area contributed by atoms with Crippen LogP contribution >= 0.6 is 23.2 Å². The van der Waals surface area contributed by atoms with Gasteiger partial charge < -0.3 is 14.4 Å². The van der Waals surface area contributed by atoms with Crippen LogP contribution in [0.3, 0.4) is 0 Å². The van der Waals surface area contributed by atoms with Crippen LogP contribution in [0.5, 0.6) is 11.5 Å². The molecule has 2 amide bonds. The van der Waals surface area contributed by atoms with E-state index >= 15 is 0 Å². The van der Waals surface area contributed by atoms with E-state index in [1.807, 2.05) is 37.3 Å². The molecule has 0 radical (unpaired) electrons. The van der Waals surface area contributed by atoms with Crippen LogP contribution in [0.2, 0.25) is 10.0 Å². The standard InChI is InChI=1S/C26H25Cl2N3O4/c1-16-6-9-19(10-7-16)31-14-18(13-24(31)32)26(33)30-29-22-4-3-5-23(34-2)25(22)35-15-17-8-11-20(27)21(28)12-17/h3-12,18,29H,13-15H2,1-2H3,(H,30,33)/t18-/m0/s1. The first-order chi connectivity index (χ1) is 16.9. The van der Waals surface area contributed by atoms with E-state index in [1.165, 1.54) is 7.11 Å². The molecule has 0 saturated carbocycles. The molecular formula is C26H25Cl2N3O4. The van der Waals surface area contributed by atoms with Gasteiger partial charge in [0.25, 0.3) is 0 Å². The number of halogens is 2. The number of carbonyl (C=O) groups is 2. The molecule has 9 heteroatoms. The number of hydrogen-bond donors (Lipinski definition) is 2. The van der Waals surface area contributed by atoms with Crippen molar-refractivity contribution in [2.24, 2.45) is 5.92 Å². The number of carbonyl (C=O) groups excluding carboxylic acids is 2. The molecule has 4 rings (SSSR count). The number of rotatable bonds is 8. The molecule has 0 unspecified atom stereocenters. The Morgan fingerprint density at radius 1 is 1.09 bits per heavy atom. The van der Waals surface area contributed by atoms with Crippen LogP contribution in [0.1, 0.15) is 17.5 Å². The lowest BCUT2D eigenvalue weighted by atomic mass is 10.1. The Balaban J connectivity index is 1.41. The van der Waals surface area contributed by atoms with E-state index in [9.17, 15) is 9.59 Å². The molecule has 0 bridgehead atoms. The third kappa shape index (κ3) is 5.81. The number of aryl methyl sites for hydroxylation is 1. The highest BCUT2D eigenvalue weighted by Crippen LogP contribution is 2.36. The monoisotopic (exact) mass is 513 g/mol. The zero-order chi connectivity index (χ0) is 24.9. The zero-order valence-electron chi connectivity index (χ0n) is 19.3. The van der Waals surface area contributed by atoms with Gasteiger partial charge in [-0.05, 0) is 48.9 Å². The van der Waals surface area contributed by atoms with E-state index in [2.05, 4.69) is 10.9 Å². The van der Waals surface area contributed by atoms with E-state index in [0.717, 1.165) is 16.8 Å². The average molecular weight is 514 g/mol. The first kappa shape index (κ1) is 24.7. The molecule has 1 atom stereocenters. The van der Waals surface area contributed by atoms with Gasteiger partial charge in [-0.2, -0.15) is 0 Å². The molecule has 3 aromatic rings. The third-order valence-corrected chi connectivity index (χ3v) is 6.47. The van der Waals surface area contributed by atoms with Crippen LogP contribution in [0, 0.1) is 12.8 Å². The molecule has 182 valence electrons. The molecule has 1 aliphatic rings. The fraction of sp³-hybridized carbons (Fsp3) is 0.231. The lowest BCUT2D eigenvalue weighted by Crippen LogP contribution is -2.36. The smallest absolute Gasteiger partial charge is 0.243 e. The topological polar surface area (TPSA) is 79.9 Å². The average Bonchev–Trinajstić information content (AvgIpc) is 3.25. The number of ether oxygens (including phenoxy) is 2. The molecule has 3 aromatic carbocycles. The Hall–Kier alpha value is -3.42. The number of hydrazine groups is 1. The number of nitrogens with one attached hydrogen (secondary N) is 2. The summed E-state index contributed by atoms with van der Waals surface area (Å²) in [7, 11) is 1.54. The summed E-state index contributed by atoms with van der Waals surface area (Å²) in [6.07, 6.45) is 0.139. The Morgan fingerprint density at radius 3 is 2.57 bits per heavy atom. The van der Waals surface area contributed by atoms with E-state index < -0.39 is 5.92 Å². The van der Waals surface area contributed by atoms with Crippen LogP contribution in [-0.2, 0) is 16.2 Å². The molecule has 1 fully saturated rings. The molecule has 1 aliphatic heterocycles. The summed E-state index contributed by atoms with van der Waals surface area (Å²) in [4.78, 5) is 27.0. The SMILES string of the molecule is COc1cccc(NNC(=O)[C@H]2CC(=O)N(c3ccc(C)cc3)C2)c1OCc1ccc(Cl)c(Cl)c1. The largest absolute Gasteiger partial charge is 0.493 e. The summed E-state index contributed by atoms with van der Waals surface area (Å²) < 4.78 is 11.4. The van der Waals surface area contributed by atoms with E-state index in [0.29, 0.717) is 33.8 Å². The Labute approximate surface area is 213 Å². The van der Waals surface area contributed by atoms with E-state index in [1.54, 1.807) is 35.2 Å². The minimum atomic E-state index is -0.484. The number of benzene rings is 3. The summed E-state index contributed by atoms with van der Waals surface area (Å²) >= 11 is 12.1. The molecule has 1 saturated heterocycles. The maximum atomic E-state index is 12.9. The van der Waals surface area contributed by atoms with Crippen molar-refractivity contribution >= 4 is 46.4 Å². The number of para-hydroxylation sites is 1. The van der Waals surface area contributed by atoms with Crippen LogP contribution < -0.4 is 25.2 Å². The second-order valence-electron chi connectivity index (χ2n) is 8.23. The zero-order valence-corrected chi connectivity index (χ0v) is 20.8. The highest BCUT2D eigenvalue weighted by molar-refractivity contribution is 6.42. The summed E-state index contributed by atoms with van der Waals surface area (Å²) in [5.41, 5.74) is 8.85. The van der Waals surface area contributed by atoms with Gasteiger partial charge in [-0.15, -0.1) is 0 Å². The normalized spacial score (nSPS) is 15.1. The first-order valence-electron chi connectivity index (χ1n) is 11.0. The highest BCUT2D eigenvalue weighted by Gasteiger charge is 2.35. The second kappa shape index (κ2) is 10.9. The van der Waals surface area contributed by atoms with Gasteiger partial charge in [-0.3, -0.25) is 20.4 Å². The van der Waals surface area contributed by atoms with E-state index in [4.69, 9.17) is 32.7 Å². The number of anilines is 2. The van der Waals surface area contributed by atoms with Crippen molar-refractivity contribution < 1.29 is 19.1 Å². The predicted octanol–water partition coefficient (Wildman–Crippen LogP) is 5.39. The Kier molecular flexibility index (Phi) is 7.68. The van der Waals surface area contributed by atoms with Crippen molar-refractivity contribution in [3.63, 3.8) is 0 Å². The maximum Gasteiger partial charge on any atom is 0.243 e. The Bertz CT molecular complexity index is 1230. The van der Waals surface area contributed by atoms with Crippen molar-refractivity contribution in [3.8, 4) is 11.5 Å². The van der Waals surface area contributed by atoms with Crippen molar-refractivity contribution in [2.45, 2.75) is 20.0 Å². The first-order valence-corrected chi connectivity index (χ1v) is 11.8. The molecule has 2 N–H and O–H groups in total. The predicted molar refractivity (Wildman–Crippen MR) is 137 cm³/mol. The number of methoxy groups -OCH3 is 1. The molecule has 7 nitrogen and oxygen atoms in total. The van der Waals surface area contributed by atoms with Gasteiger partial charge in [0, 0.05) is 18.7 Å². The van der Waals surface area contributed by atoms with Crippen LogP contribution in [0.15, 0.2) is 60.7 Å². The fourth-order valence-corrected chi connectivity index (χ4v) is 4.12. The van der Waals surface area contributed by atoms with Crippen molar-refractivity contribution in [3.05, 3.63) is 81.8 Å². The maximum absolute atomic E-state index is 12.9. The minimum absolute atomic E-state index is 0.0824. The molecule has 0 aromatic heterocycles. The van der Waals surface area contributed by atoms with Gasteiger partial charge in [0.2, 0.25) is 11.8 Å². The molecule has 0 aliphatic carbocycles. The lowest BCUT2D eigenvalue weighted by Gasteiger charge is -2.19. The Morgan fingerprint density at radius 2 is 1.86 bits per heavy atom. The fourth-order valence-electron chi connectivity index (χ4n) is 3.80. The van der Waals surface area contributed by atoms with Gasteiger partial charge in [-0.25, -0.2) is 0 Å². The molecule has 1 heterocycles. The summed E-state index contributed by atoms with van der Waals surface area (Å²) in [6.45, 7) is 2.51. The van der Waals surface area contributed by atoms with Gasteiger partial charge in [0.15, 0.2) is 11.5 Å². The number of nitrogens with zero attached hydrogens (tertiary/aromatic N) is 1. The van der Waals surface area contributed by atoms with Crippen molar-refractivity contribution in [2.75, 3.05) is 24.0 Å². The van der Waals surface area contributed by atoms with Crippen LogP contribution in [0.25, 0.3) is 0 Å². The van der Waals surface area contributed by atoms with Gasteiger partial charge >= 0.3 is 0 Å². The summed E-state index contributed by atoms with van der Waals surface area (Å²) in [5, 5.41) is 0.897. The number of amides is 2. The molecular weight excluding hydrogens is 489 g/mol. The minimum Gasteiger partial charge on any atom is -0.493 e. The quantitative estimate of drug-likeness (QED) is 0.395. The molecule has 0 spiro atoms. The van der Waals surface area contributed by atoms with E-state index in [-0.39, 0.29) is 24.8 Å². The van der Waals surface area contributed by atoms with Crippen LogP contribution in [0.4, 0.5) is 11.4 Å². The number of hydrogen-bond acceptors (Lipinski definition) is 5. The van der Waals surface area contributed by atoms with Gasteiger partial charge in [0.05, 0.1) is 28.8 Å².